The summed E-state index contributed by atoms with van der Waals surface area (Å²) in [5.41, 5.74) is -0.990. The molecule has 94 valence electrons. The second-order valence-corrected chi connectivity index (χ2v) is 4.33. The highest BCUT2D eigenvalue weighted by Crippen LogP contribution is 2.29. The lowest BCUT2D eigenvalue weighted by Gasteiger charge is -2.26. The Morgan fingerprint density at radius 3 is 2.71 bits per heavy atom. The fourth-order valence-corrected chi connectivity index (χ4v) is 1.52. The second-order valence-electron chi connectivity index (χ2n) is 4.33. The van der Waals surface area contributed by atoms with Crippen molar-refractivity contribution in [1.82, 2.24) is 0 Å². The monoisotopic (exact) mass is 242 g/mol. The van der Waals surface area contributed by atoms with Gasteiger partial charge >= 0.3 is 0 Å². The molecule has 0 aromatic heterocycles. The van der Waals surface area contributed by atoms with Crippen LogP contribution in [0.15, 0.2) is 18.2 Å². The summed E-state index contributed by atoms with van der Waals surface area (Å²) in [6.07, 6.45) is 0. The number of ether oxygens (including phenoxy) is 1. The van der Waals surface area contributed by atoms with Crippen LogP contribution in [0.5, 0.6) is 0 Å². The lowest BCUT2D eigenvalue weighted by atomic mass is 10.1. The molecule has 1 N–H and O–H groups in total. The Morgan fingerprint density at radius 1 is 1.53 bits per heavy atom. The van der Waals surface area contributed by atoms with Crippen molar-refractivity contribution in [2.24, 2.45) is 0 Å². The highest BCUT2D eigenvalue weighted by atomic mass is 19.1. The predicted molar refractivity (Wildman–Crippen MR) is 62.6 cm³/mol. The molecule has 0 spiro atoms. The van der Waals surface area contributed by atoms with Crippen molar-refractivity contribution in [1.29, 1.82) is 0 Å². The maximum Gasteiger partial charge on any atom is 0.295 e. The first kappa shape index (κ1) is 13.4. The molecule has 0 heterocycles. The van der Waals surface area contributed by atoms with Crippen LogP contribution in [0.4, 0.5) is 15.8 Å². The zero-order chi connectivity index (χ0) is 13.1. The molecular weight excluding hydrogens is 227 g/mol. The van der Waals surface area contributed by atoms with Gasteiger partial charge in [-0.05, 0) is 19.9 Å². The van der Waals surface area contributed by atoms with Gasteiger partial charge in [0.25, 0.3) is 5.69 Å². The van der Waals surface area contributed by atoms with E-state index in [-0.39, 0.29) is 11.4 Å². The number of para-hydroxylation sites is 1. The molecule has 1 aromatic carbocycles. The first-order valence-electron chi connectivity index (χ1n) is 5.07. The zero-order valence-corrected chi connectivity index (χ0v) is 9.99. The van der Waals surface area contributed by atoms with Crippen LogP contribution < -0.4 is 5.32 Å². The zero-order valence-electron chi connectivity index (χ0n) is 9.99. The SMILES string of the molecule is COCC(C)(C)Nc1c(F)cccc1[N+](=O)[O-]. The van der Waals surface area contributed by atoms with Crippen molar-refractivity contribution in [3.05, 3.63) is 34.1 Å². The third kappa shape index (κ3) is 3.39. The van der Waals surface area contributed by atoms with Crippen molar-refractivity contribution in [3.63, 3.8) is 0 Å². The smallest absolute Gasteiger partial charge is 0.295 e. The van der Waals surface area contributed by atoms with Gasteiger partial charge in [-0.15, -0.1) is 0 Å². The van der Waals surface area contributed by atoms with Crippen molar-refractivity contribution >= 4 is 11.4 Å². The van der Waals surface area contributed by atoms with Crippen molar-refractivity contribution in [3.8, 4) is 0 Å². The van der Waals surface area contributed by atoms with Gasteiger partial charge in [0.15, 0.2) is 5.82 Å². The van der Waals surface area contributed by atoms with Gasteiger partial charge in [0.1, 0.15) is 5.69 Å². The van der Waals surface area contributed by atoms with Crippen LogP contribution in [0.25, 0.3) is 0 Å². The number of nitro benzene ring substituents is 1. The number of nitrogens with one attached hydrogen (secondary N) is 1. The Morgan fingerprint density at radius 2 is 2.18 bits per heavy atom. The van der Waals surface area contributed by atoms with Crippen molar-refractivity contribution in [2.45, 2.75) is 19.4 Å². The summed E-state index contributed by atoms with van der Waals surface area (Å²) < 4.78 is 18.5. The first-order chi connectivity index (χ1) is 7.87. The van der Waals surface area contributed by atoms with Gasteiger partial charge in [-0.25, -0.2) is 4.39 Å². The molecule has 1 rings (SSSR count). The van der Waals surface area contributed by atoms with Gasteiger partial charge in [-0.2, -0.15) is 0 Å². The summed E-state index contributed by atoms with van der Waals surface area (Å²) in [4.78, 5) is 10.2. The van der Waals surface area contributed by atoms with E-state index in [9.17, 15) is 14.5 Å². The van der Waals surface area contributed by atoms with Crippen LogP contribution in [0.1, 0.15) is 13.8 Å². The molecule has 5 nitrogen and oxygen atoms in total. The molecule has 0 aliphatic rings. The summed E-state index contributed by atoms with van der Waals surface area (Å²) in [5, 5.41) is 13.6. The Kier molecular flexibility index (Phi) is 4.01. The number of nitro groups is 1. The molecular formula is C11H15FN2O3. The van der Waals surface area contributed by atoms with E-state index in [1.54, 1.807) is 13.8 Å². The Bertz CT molecular complexity index is 421. The van der Waals surface area contributed by atoms with Gasteiger partial charge in [0.2, 0.25) is 0 Å². The Labute approximate surface area is 98.7 Å². The molecule has 0 saturated carbocycles. The number of nitrogens with zero attached hydrogens (tertiary/aromatic N) is 1. The average Bonchev–Trinajstić information content (AvgIpc) is 2.20. The van der Waals surface area contributed by atoms with E-state index >= 15 is 0 Å². The fraction of sp³-hybridized carbons (Fsp3) is 0.455. The third-order valence-electron chi connectivity index (χ3n) is 2.16. The second kappa shape index (κ2) is 5.09. The molecule has 0 bridgehead atoms. The van der Waals surface area contributed by atoms with Crippen LogP contribution in [-0.4, -0.2) is 24.2 Å². The van der Waals surface area contributed by atoms with E-state index in [0.717, 1.165) is 0 Å². The lowest BCUT2D eigenvalue weighted by Crippen LogP contribution is -2.36. The minimum Gasteiger partial charge on any atom is -0.382 e. The van der Waals surface area contributed by atoms with E-state index < -0.39 is 16.3 Å². The van der Waals surface area contributed by atoms with Crippen LogP contribution in [0.2, 0.25) is 0 Å². The van der Waals surface area contributed by atoms with Crippen molar-refractivity contribution in [2.75, 3.05) is 19.0 Å². The van der Waals surface area contributed by atoms with E-state index in [2.05, 4.69) is 5.32 Å². The maximum atomic E-state index is 13.6. The van der Waals surface area contributed by atoms with E-state index in [1.807, 2.05) is 0 Å². The summed E-state index contributed by atoms with van der Waals surface area (Å²) in [5.74, 6) is -0.650. The van der Waals surface area contributed by atoms with Gasteiger partial charge < -0.3 is 10.1 Å². The Balaban J connectivity index is 3.08. The summed E-state index contributed by atoms with van der Waals surface area (Å²) in [7, 11) is 1.51. The normalized spacial score (nSPS) is 11.3. The quantitative estimate of drug-likeness (QED) is 0.636. The van der Waals surface area contributed by atoms with Gasteiger partial charge in [0, 0.05) is 13.2 Å². The van der Waals surface area contributed by atoms with Gasteiger partial charge in [-0.3, -0.25) is 10.1 Å². The molecule has 0 aliphatic carbocycles. The topological polar surface area (TPSA) is 64.4 Å². The molecule has 17 heavy (non-hydrogen) atoms. The lowest BCUT2D eigenvalue weighted by molar-refractivity contribution is -0.384. The minimum atomic E-state index is -0.650. The Hall–Kier alpha value is -1.69. The summed E-state index contributed by atoms with van der Waals surface area (Å²) in [6, 6.07) is 3.74. The first-order valence-corrected chi connectivity index (χ1v) is 5.07. The average molecular weight is 242 g/mol. The number of methoxy groups -OCH3 is 1. The molecule has 0 saturated heterocycles. The molecule has 0 aliphatic heterocycles. The molecule has 0 unspecified atom stereocenters. The van der Waals surface area contributed by atoms with Gasteiger partial charge in [0.05, 0.1) is 17.1 Å². The summed E-state index contributed by atoms with van der Waals surface area (Å²) in [6.45, 7) is 3.85. The van der Waals surface area contributed by atoms with E-state index in [4.69, 9.17) is 4.74 Å². The van der Waals surface area contributed by atoms with Crippen molar-refractivity contribution < 1.29 is 14.1 Å². The number of anilines is 1. The highest BCUT2D eigenvalue weighted by Gasteiger charge is 2.25. The maximum absolute atomic E-state index is 13.6. The highest BCUT2D eigenvalue weighted by molar-refractivity contribution is 5.63. The van der Waals surface area contributed by atoms with Crippen LogP contribution in [0, 0.1) is 15.9 Å². The standard InChI is InChI=1S/C11H15FN2O3/c1-11(2,7-17-3)13-10-8(12)5-4-6-9(10)14(15)16/h4-6,13H,7H2,1-3H3. The fourth-order valence-electron chi connectivity index (χ4n) is 1.52. The van der Waals surface area contributed by atoms with E-state index in [1.165, 1.54) is 25.3 Å². The molecule has 1 aromatic rings. The number of benzene rings is 1. The number of rotatable bonds is 5. The van der Waals surface area contributed by atoms with Crippen LogP contribution in [0.3, 0.4) is 0 Å². The predicted octanol–water partition coefficient (Wildman–Crippen LogP) is 2.57. The number of hydrogen-bond donors (Lipinski definition) is 1. The minimum absolute atomic E-state index is 0.112. The van der Waals surface area contributed by atoms with Crippen LogP contribution >= 0.6 is 0 Å². The summed E-state index contributed by atoms with van der Waals surface area (Å²) >= 11 is 0. The molecule has 6 heteroatoms. The number of hydrogen-bond acceptors (Lipinski definition) is 4. The van der Waals surface area contributed by atoms with E-state index in [0.29, 0.717) is 6.61 Å². The van der Waals surface area contributed by atoms with Gasteiger partial charge in [-0.1, -0.05) is 6.07 Å². The molecule has 0 fully saturated rings. The third-order valence-corrected chi connectivity index (χ3v) is 2.16. The number of halogens is 1. The molecule has 0 atom stereocenters. The van der Waals surface area contributed by atoms with Crippen LogP contribution in [-0.2, 0) is 4.74 Å². The molecule has 0 radical (unpaired) electrons. The molecule has 0 amide bonds. The largest absolute Gasteiger partial charge is 0.382 e.